The first kappa shape index (κ1) is 26.9. The third-order valence-electron chi connectivity index (χ3n) is 5.60. The smallest absolute Gasteiger partial charge is 0.242 e. The standard InChI is InChI=1S/C23H27Cl2N3O6S/c1-15(23(30)26-2)27(13-17-18(24)6-4-7-19(17)25)22(29)8-5-11-28(35(3,31)32)16-9-10-20-21(12-16)34-14-33-20/h4,6-7,9-10,12,15H,5,8,11,13-14H2,1-3H3,(H,26,30)/t15-/m1/s1. The molecule has 2 aromatic carbocycles. The lowest BCUT2D eigenvalue weighted by Crippen LogP contribution is -2.47. The van der Waals surface area contributed by atoms with Crippen LogP contribution in [-0.2, 0) is 26.2 Å². The maximum atomic E-state index is 13.2. The molecule has 0 aromatic heterocycles. The number of anilines is 1. The highest BCUT2D eigenvalue weighted by atomic mass is 35.5. The van der Waals surface area contributed by atoms with Crippen LogP contribution in [0.1, 0.15) is 25.3 Å². The largest absolute Gasteiger partial charge is 0.454 e. The van der Waals surface area contributed by atoms with Crippen LogP contribution >= 0.6 is 23.2 Å². The third-order valence-corrected chi connectivity index (χ3v) is 7.50. The summed E-state index contributed by atoms with van der Waals surface area (Å²) in [5, 5.41) is 3.30. The van der Waals surface area contributed by atoms with Crippen LogP contribution in [-0.4, -0.2) is 57.8 Å². The van der Waals surface area contributed by atoms with Crippen molar-refractivity contribution in [3.63, 3.8) is 0 Å². The zero-order valence-corrected chi connectivity index (χ0v) is 21.9. The fraction of sp³-hybridized carbons (Fsp3) is 0.391. The molecule has 12 heteroatoms. The van der Waals surface area contributed by atoms with Gasteiger partial charge in [0.1, 0.15) is 6.04 Å². The van der Waals surface area contributed by atoms with Gasteiger partial charge in [-0.05, 0) is 37.6 Å². The molecule has 0 saturated heterocycles. The van der Waals surface area contributed by atoms with Gasteiger partial charge in [0.05, 0.1) is 11.9 Å². The number of carbonyl (C=O) groups is 2. The Bertz CT molecular complexity index is 1190. The lowest BCUT2D eigenvalue weighted by molar-refractivity contribution is -0.140. The number of benzene rings is 2. The second-order valence-electron chi connectivity index (χ2n) is 7.99. The van der Waals surface area contributed by atoms with E-state index in [9.17, 15) is 18.0 Å². The number of sulfonamides is 1. The molecule has 35 heavy (non-hydrogen) atoms. The average Bonchev–Trinajstić information content (AvgIpc) is 3.27. The number of ether oxygens (including phenoxy) is 2. The maximum absolute atomic E-state index is 13.2. The molecule has 2 aromatic rings. The summed E-state index contributed by atoms with van der Waals surface area (Å²) in [7, 11) is -2.15. The molecule has 3 rings (SSSR count). The molecular weight excluding hydrogens is 517 g/mol. The minimum Gasteiger partial charge on any atom is -0.454 e. The van der Waals surface area contributed by atoms with Gasteiger partial charge in [0.2, 0.25) is 28.6 Å². The summed E-state index contributed by atoms with van der Waals surface area (Å²) in [6, 6.07) is 9.07. The Kier molecular flexibility index (Phi) is 8.74. The van der Waals surface area contributed by atoms with Gasteiger partial charge in [-0.2, -0.15) is 0 Å². The summed E-state index contributed by atoms with van der Waals surface area (Å²) >= 11 is 12.6. The third kappa shape index (κ3) is 6.50. The normalized spacial score (nSPS) is 13.3. The van der Waals surface area contributed by atoms with Gasteiger partial charge in [-0.1, -0.05) is 29.3 Å². The molecule has 0 radical (unpaired) electrons. The molecule has 0 saturated carbocycles. The van der Waals surface area contributed by atoms with Gasteiger partial charge in [-0.3, -0.25) is 13.9 Å². The van der Waals surface area contributed by atoms with Crippen molar-refractivity contribution < 1.29 is 27.5 Å². The van der Waals surface area contributed by atoms with Crippen LogP contribution in [0.5, 0.6) is 11.5 Å². The van der Waals surface area contributed by atoms with Gasteiger partial charge < -0.3 is 19.7 Å². The summed E-state index contributed by atoms with van der Waals surface area (Å²) in [5.74, 6) is 0.305. The van der Waals surface area contributed by atoms with Crippen LogP contribution in [0.25, 0.3) is 0 Å². The van der Waals surface area contributed by atoms with Gasteiger partial charge in [0.25, 0.3) is 0 Å². The van der Waals surface area contributed by atoms with E-state index in [2.05, 4.69) is 5.32 Å². The van der Waals surface area contributed by atoms with E-state index < -0.39 is 16.1 Å². The van der Waals surface area contributed by atoms with Gasteiger partial charge in [-0.15, -0.1) is 0 Å². The molecule has 190 valence electrons. The van der Waals surface area contributed by atoms with Gasteiger partial charge in [0.15, 0.2) is 11.5 Å². The molecule has 0 fully saturated rings. The van der Waals surface area contributed by atoms with E-state index in [0.717, 1.165) is 6.26 Å². The van der Waals surface area contributed by atoms with Crippen LogP contribution < -0.4 is 19.1 Å². The first-order valence-corrected chi connectivity index (χ1v) is 13.4. The molecule has 1 atom stereocenters. The number of hydrogen-bond donors (Lipinski definition) is 1. The molecule has 0 aliphatic carbocycles. The second-order valence-corrected chi connectivity index (χ2v) is 10.7. The Labute approximate surface area is 214 Å². The van der Waals surface area contributed by atoms with E-state index in [4.69, 9.17) is 32.7 Å². The number of carbonyl (C=O) groups excluding carboxylic acids is 2. The van der Waals surface area contributed by atoms with Crippen LogP contribution in [0.4, 0.5) is 5.69 Å². The number of rotatable bonds is 10. The Morgan fingerprint density at radius 3 is 2.40 bits per heavy atom. The Morgan fingerprint density at radius 2 is 1.77 bits per heavy atom. The summed E-state index contributed by atoms with van der Waals surface area (Å²) in [5.41, 5.74) is 0.931. The van der Waals surface area contributed by atoms with Crippen molar-refractivity contribution in [1.82, 2.24) is 10.2 Å². The van der Waals surface area contributed by atoms with Crippen LogP contribution in [0.15, 0.2) is 36.4 Å². The summed E-state index contributed by atoms with van der Waals surface area (Å²) in [6.45, 7) is 1.76. The van der Waals surface area contributed by atoms with Gasteiger partial charge >= 0.3 is 0 Å². The number of nitrogens with zero attached hydrogens (tertiary/aromatic N) is 2. The molecule has 0 unspecified atom stereocenters. The summed E-state index contributed by atoms with van der Waals surface area (Å²) in [4.78, 5) is 26.9. The highest BCUT2D eigenvalue weighted by Gasteiger charge is 2.27. The van der Waals surface area contributed by atoms with E-state index in [0.29, 0.717) is 32.8 Å². The number of fused-ring (bicyclic) bond motifs is 1. The first-order valence-electron chi connectivity index (χ1n) is 10.8. The Hall–Kier alpha value is -2.69. The second kappa shape index (κ2) is 11.4. The molecule has 1 aliphatic heterocycles. The van der Waals surface area contributed by atoms with Crippen molar-refractivity contribution in [3.8, 4) is 11.5 Å². The van der Waals surface area contributed by atoms with Gasteiger partial charge in [-0.25, -0.2) is 8.42 Å². The van der Waals surface area contributed by atoms with Crippen LogP contribution in [0.2, 0.25) is 10.0 Å². The average molecular weight is 544 g/mol. The highest BCUT2D eigenvalue weighted by molar-refractivity contribution is 7.92. The van der Waals surface area contributed by atoms with Crippen molar-refractivity contribution in [3.05, 3.63) is 52.0 Å². The van der Waals surface area contributed by atoms with Gasteiger partial charge in [0, 0.05) is 48.2 Å². The molecule has 0 bridgehead atoms. The lowest BCUT2D eigenvalue weighted by Gasteiger charge is -2.29. The number of nitrogens with one attached hydrogen (secondary N) is 1. The van der Waals surface area contributed by atoms with Crippen LogP contribution in [0.3, 0.4) is 0 Å². The van der Waals surface area contributed by atoms with Crippen molar-refractivity contribution >= 4 is 50.7 Å². The van der Waals surface area contributed by atoms with Crippen molar-refractivity contribution in [2.75, 3.05) is 30.9 Å². The maximum Gasteiger partial charge on any atom is 0.242 e. The zero-order valence-electron chi connectivity index (χ0n) is 19.6. The molecular formula is C23H27Cl2N3O6S. The summed E-state index contributed by atoms with van der Waals surface area (Å²) < 4.78 is 36.8. The van der Waals surface area contributed by atoms with E-state index >= 15 is 0 Å². The molecule has 1 N–H and O–H groups in total. The van der Waals surface area contributed by atoms with E-state index in [1.54, 1.807) is 43.3 Å². The SMILES string of the molecule is CNC(=O)[C@@H](C)N(Cc1c(Cl)cccc1Cl)C(=O)CCCN(c1ccc2c(c1)OCO2)S(C)(=O)=O. The highest BCUT2D eigenvalue weighted by Crippen LogP contribution is 2.36. The zero-order chi connectivity index (χ0) is 25.8. The van der Waals surface area contributed by atoms with Crippen LogP contribution in [0, 0.1) is 0 Å². The number of hydrogen-bond acceptors (Lipinski definition) is 6. The molecule has 0 spiro atoms. The molecule has 9 nitrogen and oxygen atoms in total. The predicted octanol–water partition coefficient (Wildman–Crippen LogP) is 3.43. The van der Waals surface area contributed by atoms with E-state index in [-0.39, 0.29) is 44.5 Å². The Morgan fingerprint density at radius 1 is 1.11 bits per heavy atom. The number of likely N-dealkylation sites (N-methyl/N-ethyl adjacent to an activating group) is 1. The van der Waals surface area contributed by atoms with E-state index in [1.165, 1.54) is 16.3 Å². The molecule has 1 heterocycles. The minimum absolute atomic E-state index is 0.0000220. The lowest BCUT2D eigenvalue weighted by atomic mass is 10.1. The monoisotopic (exact) mass is 543 g/mol. The fourth-order valence-electron chi connectivity index (χ4n) is 3.69. The van der Waals surface area contributed by atoms with Crippen molar-refractivity contribution in [2.24, 2.45) is 0 Å². The number of halogens is 2. The Balaban J connectivity index is 1.75. The quantitative estimate of drug-likeness (QED) is 0.492. The minimum atomic E-state index is -3.63. The van der Waals surface area contributed by atoms with Crippen molar-refractivity contribution in [2.45, 2.75) is 32.4 Å². The topological polar surface area (TPSA) is 105 Å². The molecule has 2 amide bonds. The van der Waals surface area contributed by atoms with Crippen molar-refractivity contribution in [1.29, 1.82) is 0 Å². The first-order chi connectivity index (χ1) is 16.5. The molecule has 1 aliphatic rings. The fourth-order valence-corrected chi connectivity index (χ4v) is 5.16. The predicted molar refractivity (Wildman–Crippen MR) is 135 cm³/mol. The summed E-state index contributed by atoms with van der Waals surface area (Å²) in [6.07, 6.45) is 1.31. The number of amides is 2. The van der Waals surface area contributed by atoms with E-state index in [1.807, 2.05) is 0 Å².